The van der Waals surface area contributed by atoms with Crippen molar-refractivity contribution in [3.63, 3.8) is 0 Å². The number of nitrogens with one attached hydrogen (secondary N) is 1. The number of nitrogens with zero attached hydrogens (tertiary/aromatic N) is 3. The summed E-state index contributed by atoms with van der Waals surface area (Å²) in [7, 11) is -2.37. The van der Waals surface area contributed by atoms with Gasteiger partial charge >= 0.3 is 5.97 Å². The number of aromatic nitrogens is 2. The van der Waals surface area contributed by atoms with Gasteiger partial charge in [-0.2, -0.15) is 17.7 Å². The maximum Gasteiger partial charge on any atom is 0.304 e. The quantitative estimate of drug-likeness (QED) is 0.615. The Morgan fingerprint density at radius 3 is 2.89 bits per heavy atom. The predicted molar refractivity (Wildman–Crippen MR) is 59.8 cm³/mol. The SMILES string of the molecule is CN(CCC(=O)O)S(=O)(=O)NCCc1ncon1. The van der Waals surface area contributed by atoms with Crippen LogP contribution in [0.5, 0.6) is 0 Å². The fourth-order valence-electron chi connectivity index (χ4n) is 1.08. The van der Waals surface area contributed by atoms with E-state index in [1.54, 1.807) is 0 Å². The Bertz CT molecular complexity index is 472. The van der Waals surface area contributed by atoms with Crippen LogP contribution in [0.4, 0.5) is 0 Å². The molecule has 0 fully saturated rings. The third kappa shape index (κ3) is 4.77. The standard InChI is InChI=1S/C8H14N4O5S/c1-12(5-3-8(13)14)18(15,16)10-4-2-7-9-6-17-11-7/h6,10H,2-5H2,1H3,(H,13,14). The van der Waals surface area contributed by atoms with Crippen molar-refractivity contribution >= 4 is 16.2 Å². The minimum Gasteiger partial charge on any atom is -0.481 e. The molecule has 0 spiro atoms. The molecule has 0 radical (unpaired) electrons. The van der Waals surface area contributed by atoms with Gasteiger partial charge in [-0.1, -0.05) is 5.16 Å². The smallest absolute Gasteiger partial charge is 0.304 e. The van der Waals surface area contributed by atoms with Gasteiger partial charge in [-0.3, -0.25) is 4.79 Å². The molecule has 0 aliphatic heterocycles. The number of carbonyl (C=O) groups is 1. The van der Waals surface area contributed by atoms with E-state index < -0.39 is 16.2 Å². The molecule has 10 heteroatoms. The number of carboxylic acids is 1. The highest BCUT2D eigenvalue weighted by molar-refractivity contribution is 7.87. The summed E-state index contributed by atoms with van der Waals surface area (Å²) in [6.07, 6.45) is 1.20. The second-order valence-corrected chi connectivity index (χ2v) is 5.32. The van der Waals surface area contributed by atoms with Crippen LogP contribution in [0.1, 0.15) is 12.2 Å². The van der Waals surface area contributed by atoms with Gasteiger partial charge in [0.1, 0.15) is 0 Å². The fraction of sp³-hybridized carbons (Fsp3) is 0.625. The molecular formula is C8H14N4O5S. The molecule has 0 aliphatic carbocycles. The van der Waals surface area contributed by atoms with E-state index >= 15 is 0 Å². The van der Waals surface area contributed by atoms with E-state index in [2.05, 4.69) is 19.4 Å². The van der Waals surface area contributed by atoms with Gasteiger partial charge < -0.3 is 9.63 Å². The van der Waals surface area contributed by atoms with E-state index in [-0.39, 0.29) is 19.5 Å². The monoisotopic (exact) mass is 278 g/mol. The Balaban J connectivity index is 2.36. The molecule has 0 aliphatic rings. The topological polar surface area (TPSA) is 126 Å². The normalized spacial score (nSPS) is 11.9. The van der Waals surface area contributed by atoms with Gasteiger partial charge in [0.2, 0.25) is 6.39 Å². The highest BCUT2D eigenvalue weighted by Crippen LogP contribution is 1.96. The number of rotatable bonds is 8. The van der Waals surface area contributed by atoms with E-state index in [9.17, 15) is 13.2 Å². The highest BCUT2D eigenvalue weighted by Gasteiger charge is 2.17. The Kier molecular flexibility index (Phi) is 5.19. The molecule has 9 nitrogen and oxygen atoms in total. The van der Waals surface area contributed by atoms with Crippen molar-refractivity contribution in [3.05, 3.63) is 12.2 Å². The van der Waals surface area contributed by atoms with Crippen LogP contribution in [0.2, 0.25) is 0 Å². The zero-order valence-electron chi connectivity index (χ0n) is 9.74. The summed E-state index contributed by atoms with van der Waals surface area (Å²) in [5.74, 6) is -0.658. The first-order valence-electron chi connectivity index (χ1n) is 5.10. The Morgan fingerprint density at radius 2 is 2.33 bits per heavy atom. The van der Waals surface area contributed by atoms with Crippen LogP contribution in [0.3, 0.4) is 0 Å². The van der Waals surface area contributed by atoms with Crippen LogP contribution in [0, 0.1) is 0 Å². The minimum absolute atomic E-state index is 0.0904. The molecule has 0 saturated heterocycles. The van der Waals surface area contributed by atoms with Crippen LogP contribution >= 0.6 is 0 Å². The first kappa shape index (κ1) is 14.5. The summed E-state index contributed by atoms with van der Waals surface area (Å²) in [5.41, 5.74) is 0. The average molecular weight is 278 g/mol. The third-order valence-electron chi connectivity index (χ3n) is 2.09. The van der Waals surface area contributed by atoms with Crippen molar-refractivity contribution in [2.75, 3.05) is 20.1 Å². The molecule has 1 aromatic rings. The van der Waals surface area contributed by atoms with Gasteiger partial charge in [-0.15, -0.1) is 0 Å². The molecule has 1 heterocycles. The Morgan fingerprint density at radius 1 is 1.61 bits per heavy atom. The molecule has 1 rings (SSSR count). The Hall–Kier alpha value is -1.52. The molecule has 1 aromatic heterocycles. The summed E-state index contributed by atoms with van der Waals surface area (Å²) < 4.78 is 31.0. The van der Waals surface area contributed by atoms with E-state index in [0.29, 0.717) is 12.2 Å². The lowest BCUT2D eigenvalue weighted by Crippen LogP contribution is -2.40. The zero-order chi connectivity index (χ0) is 13.6. The predicted octanol–water partition coefficient (Wildman–Crippen LogP) is -1.15. The molecule has 18 heavy (non-hydrogen) atoms. The molecule has 2 N–H and O–H groups in total. The van der Waals surface area contributed by atoms with Crippen LogP contribution in [0.15, 0.2) is 10.9 Å². The third-order valence-corrected chi connectivity index (χ3v) is 3.66. The van der Waals surface area contributed by atoms with E-state index in [1.165, 1.54) is 7.05 Å². The van der Waals surface area contributed by atoms with Crippen molar-refractivity contribution in [1.82, 2.24) is 19.2 Å². The van der Waals surface area contributed by atoms with Crippen molar-refractivity contribution in [2.45, 2.75) is 12.8 Å². The number of aliphatic carboxylic acids is 1. The molecule has 0 bridgehead atoms. The molecular weight excluding hydrogens is 264 g/mol. The molecule has 0 unspecified atom stereocenters. The van der Waals surface area contributed by atoms with Gasteiger partial charge in [-0.05, 0) is 0 Å². The lowest BCUT2D eigenvalue weighted by Gasteiger charge is -2.16. The maximum absolute atomic E-state index is 11.6. The summed E-state index contributed by atoms with van der Waals surface area (Å²) >= 11 is 0. The molecule has 0 amide bonds. The summed E-state index contributed by atoms with van der Waals surface area (Å²) in [6, 6.07) is 0. The van der Waals surface area contributed by atoms with Crippen LogP contribution in [0.25, 0.3) is 0 Å². The molecule has 102 valence electrons. The van der Waals surface area contributed by atoms with Crippen LogP contribution < -0.4 is 4.72 Å². The van der Waals surface area contributed by atoms with Crippen molar-refractivity contribution < 1.29 is 22.8 Å². The fourth-order valence-corrected chi connectivity index (χ4v) is 1.99. The summed E-state index contributed by atoms with van der Waals surface area (Å²) in [6.45, 7) is 0.0200. The lowest BCUT2D eigenvalue weighted by molar-refractivity contribution is -0.137. The largest absolute Gasteiger partial charge is 0.481 e. The number of carboxylic acid groups (broad SMARTS) is 1. The molecule has 0 atom stereocenters. The molecule has 0 aromatic carbocycles. The van der Waals surface area contributed by atoms with E-state index in [0.717, 1.165) is 10.7 Å². The highest BCUT2D eigenvalue weighted by atomic mass is 32.2. The van der Waals surface area contributed by atoms with Gasteiger partial charge in [0.25, 0.3) is 10.2 Å². The van der Waals surface area contributed by atoms with E-state index in [4.69, 9.17) is 5.11 Å². The second kappa shape index (κ2) is 6.42. The first-order valence-corrected chi connectivity index (χ1v) is 6.54. The van der Waals surface area contributed by atoms with Crippen LogP contribution in [-0.4, -0.2) is 54.1 Å². The minimum atomic E-state index is -3.68. The zero-order valence-corrected chi connectivity index (χ0v) is 10.6. The second-order valence-electron chi connectivity index (χ2n) is 3.46. The van der Waals surface area contributed by atoms with Gasteiger partial charge in [0, 0.05) is 26.6 Å². The van der Waals surface area contributed by atoms with Crippen molar-refractivity contribution in [3.8, 4) is 0 Å². The summed E-state index contributed by atoms with van der Waals surface area (Å²) in [4.78, 5) is 14.1. The lowest BCUT2D eigenvalue weighted by atomic mass is 10.4. The van der Waals surface area contributed by atoms with Crippen molar-refractivity contribution in [1.29, 1.82) is 0 Å². The van der Waals surface area contributed by atoms with Gasteiger partial charge in [0.05, 0.1) is 6.42 Å². The van der Waals surface area contributed by atoms with Gasteiger partial charge in [0.15, 0.2) is 5.82 Å². The summed E-state index contributed by atoms with van der Waals surface area (Å²) in [5, 5.41) is 12.0. The Labute approximate surface area is 104 Å². The maximum atomic E-state index is 11.6. The molecule has 0 saturated carbocycles. The first-order chi connectivity index (χ1) is 8.42. The van der Waals surface area contributed by atoms with Crippen LogP contribution in [-0.2, 0) is 21.4 Å². The van der Waals surface area contributed by atoms with E-state index in [1.807, 2.05) is 0 Å². The van der Waals surface area contributed by atoms with Gasteiger partial charge in [-0.25, -0.2) is 4.72 Å². The number of hydrogen-bond acceptors (Lipinski definition) is 6. The van der Waals surface area contributed by atoms with Crippen molar-refractivity contribution in [2.24, 2.45) is 0 Å². The number of hydrogen-bond donors (Lipinski definition) is 2. The average Bonchev–Trinajstić information content (AvgIpc) is 2.78.